The van der Waals surface area contributed by atoms with Crippen LogP contribution in [0.1, 0.15) is 18.5 Å². The molecule has 0 aromatic carbocycles. The van der Waals surface area contributed by atoms with Crippen LogP contribution in [0.5, 0.6) is 0 Å². The van der Waals surface area contributed by atoms with E-state index in [9.17, 15) is 29.5 Å². The Morgan fingerprint density at radius 2 is 2.10 bits per heavy atom. The highest BCUT2D eigenvalue weighted by molar-refractivity contribution is 8.00. The average Bonchev–Trinajstić information content (AvgIpc) is 3.65. The second kappa shape index (κ2) is 11.1. The molecule has 14 nitrogen and oxygen atoms in total. The van der Waals surface area contributed by atoms with E-state index in [1.54, 1.807) is 6.08 Å². The first-order chi connectivity index (χ1) is 19.7. The number of oxime groups is 1. The highest BCUT2D eigenvalue weighted by Crippen LogP contribution is 2.41. The van der Waals surface area contributed by atoms with Gasteiger partial charge in [0.25, 0.3) is 11.8 Å². The van der Waals surface area contributed by atoms with Crippen LogP contribution >= 0.6 is 23.1 Å². The molecule has 41 heavy (non-hydrogen) atoms. The third kappa shape index (κ3) is 5.09. The largest absolute Gasteiger partial charge is 0.477 e. The van der Waals surface area contributed by atoms with Crippen molar-refractivity contribution in [1.82, 2.24) is 30.3 Å². The lowest BCUT2D eigenvalue weighted by Gasteiger charge is -2.49. The van der Waals surface area contributed by atoms with Gasteiger partial charge in [-0.25, -0.2) is 9.78 Å². The molecule has 6 heterocycles. The summed E-state index contributed by atoms with van der Waals surface area (Å²) in [5.41, 5.74) is 6.00. The van der Waals surface area contributed by atoms with Crippen LogP contribution in [-0.2, 0) is 19.2 Å². The number of nitrogen functional groups attached to an aromatic ring is 1. The molecule has 6 rings (SSSR count). The van der Waals surface area contributed by atoms with Crippen molar-refractivity contribution < 1.29 is 29.5 Å². The maximum atomic E-state index is 13.3. The molecule has 0 spiro atoms. The number of nitrogens with one attached hydrogen (secondary N) is 2. The molecular weight excluding hydrogens is 572 g/mol. The molecule has 6 N–H and O–H groups in total. The fourth-order valence-corrected chi connectivity index (χ4v) is 7.83. The number of hydrogen-bond acceptors (Lipinski definition) is 12. The number of hydrogen-bond donors (Lipinski definition) is 5. The fraction of sp³-hybridized carbons (Fsp3) is 0.520. The molecule has 0 saturated carbocycles. The SMILES string of the molecule is Nc1nc(C(=NO)C(=O)N[C@@H]2C(=O)N3C(C(=O)O)=C(C=C4CCN(C5CCN(CC6CNC6)C5)C4=O)CS[C@H]23)cs1. The number of carboxylic acid groups (broad SMARTS) is 1. The normalized spacial score (nSPS) is 28.2. The molecule has 5 aliphatic rings. The van der Waals surface area contributed by atoms with Crippen molar-refractivity contribution in [1.29, 1.82) is 0 Å². The number of carbonyl (C=O) groups excluding carboxylic acids is 3. The van der Waals surface area contributed by atoms with Crippen molar-refractivity contribution in [2.24, 2.45) is 11.1 Å². The number of thiazole rings is 1. The van der Waals surface area contributed by atoms with Crippen LogP contribution in [-0.4, -0.2) is 122 Å². The van der Waals surface area contributed by atoms with Gasteiger partial charge in [0.1, 0.15) is 22.8 Å². The molecule has 4 fully saturated rings. The predicted molar refractivity (Wildman–Crippen MR) is 150 cm³/mol. The lowest BCUT2D eigenvalue weighted by atomic mass is 10.0. The number of nitrogens with zero attached hydrogens (tertiary/aromatic N) is 5. The second-order valence-corrected chi connectivity index (χ2v) is 12.7. The molecule has 0 bridgehead atoms. The number of allylic oxidation sites excluding steroid dienone is 1. The second-order valence-electron chi connectivity index (χ2n) is 10.7. The van der Waals surface area contributed by atoms with E-state index in [1.807, 2.05) is 4.90 Å². The minimum atomic E-state index is -1.28. The van der Waals surface area contributed by atoms with Crippen LogP contribution < -0.4 is 16.4 Å². The molecular formula is C25H30N8O6S2. The van der Waals surface area contributed by atoms with E-state index in [0.717, 1.165) is 55.4 Å². The van der Waals surface area contributed by atoms with E-state index >= 15 is 0 Å². The van der Waals surface area contributed by atoms with Crippen molar-refractivity contribution in [3.8, 4) is 0 Å². The average molecular weight is 603 g/mol. The van der Waals surface area contributed by atoms with Gasteiger partial charge in [0, 0.05) is 62.0 Å². The number of anilines is 1. The van der Waals surface area contributed by atoms with Crippen molar-refractivity contribution >= 4 is 57.6 Å². The zero-order valence-corrected chi connectivity index (χ0v) is 23.6. The fourth-order valence-electron chi connectivity index (χ4n) is 5.97. The summed E-state index contributed by atoms with van der Waals surface area (Å²) in [6.45, 7) is 5.54. The molecule has 1 unspecified atom stereocenters. The van der Waals surface area contributed by atoms with Crippen molar-refractivity contribution in [3.05, 3.63) is 34.0 Å². The van der Waals surface area contributed by atoms with Crippen LogP contribution in [0.2, 0.25) is 0 Å². The number of aliphatic carboxylic acids is 1. The van der Waals surface area contributed by atoms with Gasteiger partial charge in [0.05, 0.1) is 0 Å². The van der Waals surface area contributed by atoms with E-state index in [4.69, 9.17) is 5.73 Å². The van der Waals surface area contributed by atoms with Crippen LogP contribution in [0, 0.1) is 5.92 Å². The van der Waals surface area contributed by atoms with Crippen LogP contribution in [0.15, 0.2) is 33.5 Å². The van der Waals surface area contributed by atoms with Crippen molar-refractivity contribution in [3.63, 3.8) is 0 Å². The Morgan fingerprint density at radius 1 is 1.29 bits per heavy atom. The molecule has 3 amide bonds. The molecule has 1 aromatic rings. The smallest absolute Gasteiger partial charge is 0.352 e. The highest BCUT2D eigenvalue weighted by atomic mass is 32.2. The first kappa shape index (κ1) is 27.7. The zero-order valence-electron chi connectivity index (χ0n) is 22.0. The first-order valence-electron chi connectivity index (χ1n) is 13.3. The molecule has 0 aliphatic carbocycles. The minimum Gasteiger partial charge on any atom is -0.477 e. The van der Waals surface area contributed by atoms with E-state index in [2.05, 4.69) is 25.7 Å². The van der Waals surface area contributed by atoms with Gasteiger partial charge >= 0.3 is 5.97 Å². The van der Waals surface area contributed by atoms with E-state index in [1.165, 1.54) is 17.1 Å². The van der Waals surface area contributed by atoms with Gasteiger partial charge in [-0.15, -0.1) is 23.1 Å². The number of nitrogens with two attached hydrogens (primary N) is 1. The van der Waals surface area contributed by atoms with Gasteiger partial charge < -0.3 is 36.5 Å². The van der Waals surface area contributed by atoms with Crippen LogP contribution in [0.4, 0.5) is 5.13 Å². The summed E-state index contributed by atoms with van der Waals surface area (Å²) in [6, 6.07) is -0.873. The predicted octanol–water partition coefficient (Wildman–Crippen LogP) is -0.905. The quantitative estimate of drug-likeness (QED) is 0.0813. The van der Waals surface area contributed by atoms with Crippen molar-refractivity contribution in [2.45, 2.75) is 30.3 Å². The summed E-state index contributed by atoms with van der Waals surface area (Å²) in [7, 11) is 0. The number of likely N-dealkylation sites (tertiary alicyclic amines) is 2. The maximum absolute atomic E-state index is 13.3. The van der Waals surface area contributed by atoms with Gasteiger partial charge in [-0.05, 0) is 30.4 Å². The third-order valence-corrected chi connectivity index (χ3v) is 10.1. The zero-order chi connectivity index (χ0) is 28.8. The molecule has 218 valence electrons. The molecule has 4 saturated heterocycles. The summed E-state index contributed by atoms with van der Waals surface area (Å²) in [5.74, 6) is -1.88. The number of rotatable bonds is 8. The Bertz CT molecular complexity index is 1390. The lowest BCUT2D eigenvalue weighted by molar-refractivity contribution is -0.150. The minimum absolute atomic E-state index is 0.0590. The summed E-state index contributed by atoms with van der Waals surface area (Å²) >= 11 is 2.35. The summed E-state index contributed by atoms with van der Waals surface area (Å²) < 4.78 is 0. The van der Waals surface area contributed by atoms with Gasteiger partial charge in [-0.3, -0.25) is 19.3 Å². The molecule has 1 aromatic heterocycles. The third-order valence-electron chi connectivity index (χ3n) is 8.14. The van der Waals surface area contributed by atoms with E-state index in [-0.39, 0.29) is 34.2 Å². The van der Waals surface area contributed by atoms with E-state index in [0.29, 0.717) is 30.0 Å². The van der Waals surface area contributed by atoms with Crippen LogP contribution in [0.3, 0.4) is 0 Å². The molecule has 16 heteroatoms. The number of β-lactam (4-membered cyclic amide) rings is 1. The highest BCUT2D eigenvalue weighted by Gasteiger charge is 2.54. The lowest BCUT2D eigenvalue weighted by Crippen LogP contribution is -2.71. The Kier molecular flexibility index (Phi) is 7.48. The monoisotopic (exact) mass is 602 g/mol. The number of carbonyl (C=O) groups is 4. The topological polar surface area (TPSA) is 194 Å². The molecule has 5 aliphatic heterocycles. The Labute approximate surface area is 243 Å². The standard InChI is InChI=1S/C25H30N8O6S2/c26-25-28-16(11-41-25)17(30-39)20(34)29-18-22(36)33-19(24(37)38)14(10-40-23(18)33)5-13-1-4-32(21(13)35)15-2-3-31(9-15)8-12-6-27-7-12/h5,11-12,15,18,23,27,39H,1-4,6-10H2,(H2,26,28)(H,29,34)(H,37,38)/t15?,18-,23-/m1/s1. The Morgan fingerprint density at radius 3 is 2.76 bits per heavy atom. The maximum Gasteiger partial charge on any atom is 0.352 e. The van der Waals surface area contributed by atoms with Gasteiger partial charge in [0.15, 0.2) is 10.8 Å². The van der Waals surface area contributed by atoms with Crippen LogP contribution in [0.25, 0.3) is 0 Å². The van der Waals surface area contributed by atoms with Crippen molar-refractivity contribution in [2.75, 3.05) is 50.8 Å². The van der Waals surface area contributed by atoms with Gasteiger partial charge in [0.2, 0.25) is 5.91 Å². The summed E-state index contributed by atoms with van der Waals surface area (Å²) in [5, 5.41) is 29.1. The summed E-state index contributed by atoms with van der Waals surface area (Å²) in [4.78, 5) is 60.8. The molecule has 0 radical (unpaired) electrons. The number of thioether (sulfide) groups is 1. The Balaban J connectivity index is 1.13. The van der Waals surface area contributed by atoms with Gasteiger partial charge in [-0.2, -0.15) is 0 Å². The number of fused-ring (bicyclic) bond motifs is 1. The Hall–Kier alpha value is -3.47. The number of carboxylic acids is 1. The van der Waals surface area contributed by atoms with Gasteiger partial charge in [-0.1, -0.05) is 5.16 Å². The molecule has 3 atom stereocenters. The number of aromatic nitrogens is 1. The van der Waals surface area contributed by atoms with E-state index < -0.39 is 34.9 Å². The summed E-state index contributed by atoms with van der Waals surface area (Å²) in [6.07, 6.45) is 3.07. The number of amides is 3. The first-order valence-corrected chi connectivity index (χ1v) is 15.3.